The molecule has 0 aromatic rings. The summed E-state index contributed by atoms with van der Waals surface area (Å²) >= 11 is 0. The monoisotopic (exact) mass is 185 g/mol. The van der Waals surface area contributed by atoms with Gasteiger partial charge in [0.05, 0.1) is 25.4 Å². The van der Waals surface area contributed by atoms with Gasteiger partial charge < -0.3 is 9.84 Å². The van der Waals surface area contributed by atoms with E-state index in [9.17, 15) is 5.11 Å². The van der Waals surface area contributed by atoms with E-state index in [4.69, 9.17) is 4.74 Å². The second kappa shape index (κ2) is 3.95. The van der Waals surface area contributed by atoms with Gasteiger partial charge in [-0.1, -0.05) is 6.92 Å². The lowest BCUT2D eigenvalue weighted by Gasteiger charge is -2.30. The first kappa shape index (κ1) is 9.44. The fraction of sp³-hybridized carbons (Fsp3) is 1.00. The Balaban J connectivity index is 1.98. The molecular weight excluding hydrogens is 166 g/mol. The van der Waals surface area contributed by atoms with Crippen LogP contribution in [0.25, 0.3) is 0 Å². The third kappa shape index (κ3) is 1.73. The van der Waals surface area contributed by atoms with E-state index in [1.165, 1.54) is 19.3 Å². The summed E-state index contributed by atoms with van der Waals surface area (Å²) in [5, 5.41) is 9.70. The normalized spacial score (nSPS) is 41.5. The average Bonchev–Trinajstić information content (AvgIpc) is 2.71. The van der Waals surface area contributed by atoms with Crippen molar-refractivity contribution in [2.75, 3.05) is 19.8 Å². The lowest BCUT2D eigenvalue weighted by Crippen LogP contribution is -2.45. The van der Waals surface area contributed by atoms with E-state index in [0.29, 0.717) is 12.6 Å². The highest BCUT2D eigenvalue weighted by Crippen LogP contribution is 2.26. The standard InChI is InChI=1S/C10H19NO2/c1-2-8-4-3-5-11(8)9-6-13-7-10(9)12/h8-10,12H,2-7H2,1H3. The van der Waals surface area contributed by atoms with Crippen LogP contribution in [0.4, 0.5) is 0 Å². The lowest BCUT2D eigenvalue weighted by molar-refractivity contribution is 0.0736. The summed E-state index contributed by atoms with van der Waals surface area (Å²) in [6.45, 7) is 4.62. The van der Waals surface area contributed by atoms with Crippen molar-refractivity contribution in [3.63, 3.8) is 0 Å². The van der Waals surface area contributed by atoms with Gasteiger partial charge in [0, 0.05) is 6.04 Å². The Morgan fingerprint density at radius 3 is 2.92 bits per heavy atom. The zero-order chi connectivity index (χ0) is 9.26. The summed E-state index contributed by atoms with van der Waals surface area (Å²) in [6, 6.07) is 0.953. The quantitative estimate of drug-likeness (QED) is 0.684. The second-order valence-electron chi connectivity index (χ2n) is 4.11. The molecule has 3 unspecified atom stereocenters. The van der Waals surface area contributed by atoms with Gasteiger partial charge >= 0.3 is 0 Å². The smallest absolute Gasteiger partial charge is 0.0950 e. The van der Waals surface area contributed by atoms with Crippen LogP contribution in [-0.4, -0.2) is 48.0 Å². The number of hydrogen-bond acceptors (Lipinski definition) is 3. The minimum atomic E-state index is -0.257. The number of ether oxygens (including phenoxy) is 1. The highest BCUT2D eigenvalue weighted by atomic mass is 16.5. The van der Waals surface area contributed by atoms with Crippen LogP contribution in [0.2, 0.25) is 0 Å². The molecule has 0 aliphatic carbocycles. The molecule has 0 saturated carbocycles. The van der Waals surface area contributed by atoms with Crippen molar-refractivity contribution in [1.82, 2.24) is 4.90 Å². The van der Waals surface area contributed by atoms with E-state index >= 15 is 0 Å². The average molecular weight is 185 g/mol. The molecule has 0 amide bonds. The van der Waals surface area contributed by atoms with Gasteiger partial charge in [0.15, 0.2) is 0 Å². The van der Waals surface area contributed by atoms with E-state index < -0.39 is 0 Å². The molecule has 0 spiro atoms. The minimum Gasteiger partial charge on any atom is -0.389 e. The topological polar surface area (TPSA) is 32.7 Å². The Hall–Kier alpha value is -0.120. The molecule has 2 aliphatic heterocycles. The van der Waals surface area contributed by atoms with Crippen LogP contribution in [-0.2, 0) is 4.74 Å². The molecule has 2 fully saturated rings. The SMILES string of the molecule is CCC1CCCN1C1COCC1O. The first-order chi connectivity index (χ1) is 6.33. The molecular formula is C10H19NO2. The number of aliphatic hydroxyl groups is 1. The molecule has 2 aliphatic rings. The van der Waals surface area contributed by atoms with Crippen molar-refractivity contribution in [3.8, 4) is 0 Å². The van der Waals surface area contributed by atoms with Gasteiger partial charge in [-0.25, -0.2) is 0 Å². The van der Waals surface area contributed by atoms with Crippen molar-refractivity contribution in [2.45, 2.75) is 44.4 Å². The minimum absolute atomic E-state index is 0.257. The molecule has 3 nitrogen and oxygen atoms in total. The van der Waals surface area contributed by atoms with E-state index in [2.05, 4.69) is 11.8 Å². The van der Waals surface area contributed by atoms with Gasteiger partial charge in [0.2, 0.25) is 0 Å². The van der Waals surface area contributed by atoms with E-state index in [1.54, 1.807) is 0 Å². The summed E-state index contributed by atoms with van der Waals surface area (Å²) in [5.41, 5.74) is 0. The summed E-state index contributed by atoms with van der Waals surface area (Å²) < 4.78 is 5.28. The maximum absolute atomic E-state index is 9.70. The molecule has 3 atom stereocenters. The fourth-order valence-electron chi connectivity index (χ4n) is 2.58. The fourth-order valence-corrected chi connectivity index (χ4v) is 2.58. The van der Waals surface area contributed by atoms with Gasteiger partial charge in [-0.3, -0.25) is 4.90 Å². The number of hydrogen-bond donors (Lipinski definition) is 1. The summed E-state index contributed by atoms with van der Waals surface area (Å²) in [4.78, 5) is 2.44. The molecule has 1 N–H and O–H groups in total. The Morgan fingerprint density at radius 1 is 1.46 bits per heavy atom. The molecule has 13 heavy (non-hydrogen) atoms. The van der Waals surface area contributed by atoms with Crippen LogP contribution in [0.15, 0.2) is 0 Å². The number of rotatable bonds is 2. The van der Waals surface area contributed by atoms with Crippen molar-refractivity contribution < 1.29 is 9.84 Å². The summed E-state index contributed by atoms with van der Waals surface area (Å²) in [7, 11) is 0. The van der Waals surface area contributed by atoms with Crippen LogP contribution < -0.4 is 0 Å². The van der Waals surface area contributed by atoms with Crippen LogP contribution in [0.5, 0.6) is 0 Å². The highest BCUT2D eigenvalue weighted by molar-refractivity contribution is 4.90. The Kier molecular flexibility index (Phi) is 2.86. The van der Waals surface area contributed by atoms with Crippen LogP contribution in [0.3, 0.4) is 0 Å². The number of nitrogens with zero attached hydrogens (tertiary/aromatic N) is 1. The third-order valence-corrected chi connectivity index (χ3v) is 3.34. The van der Waals surface area contributed by atoms with Gasteiger partial charge in [0.25, 0.3) is 0 Å². The largest absolute Gasteiger partial charge is 0.389 e. The van der Waals surface area contributed by atoms with Gasteiger partial charge in [-0.15, -0.1) is 0 Å². The first-order valence-corrected chi connectivity index (χ1v) is 5.34. The predicted molar refractivity (Wildman–Crippen MR) is 50.6 cm³/mol. The zero-order valence-corrected chi connectivity index (χ0v) is 8.28. The summed E-state index contributed by atoms with van der Waals surface area (Å²) in [6.07, 6.45) is 3.51. The molecule has 2 heterocycles. The number of likely N-dealkylation sites (tertiary alicyclic amines) is 1. The zero-order valence-electron chi connectivity index (χ0n) is 8.28. The molecule has 2 rings (SSSR count). The van der Waals surface area contributed by atoms with Gasteiger partial charge in [-0.05, 0) is 25.8 Å². The van der Waals surface area contributed by atoms with E-state index in [1.807, 2.05) is 0 Å². The van der Waals surface area contributed by atoms with Gasteiger partial charge in [-0.2, -0.15) is 0 Å². The van der Waals surface area contributed by atoms with E-state index in [0.717, 1.165) is 13.2 Å². The summed E-state index contributed by atoms with van der Waals surface area (Å²) in [5.74, 6) is 0. The predicted octanol–water partition coefficient (Wildman–Crippen LogP) is 0.620. The Bertz CT molecular complexity index is 174. The molecule has 0 aromatic carbocycles. The van der Waals surface area contributed by atoms with Crippen molar-refractivity contribution in [3.05, 3.63) is 0 Å². The third-order valence-electron chi connectivity index (χ3n) is 3.34. The molecule has 0 bridgehead atoms. The van der Waals surface area contributed by atoms with Crippen molar-refractivity contribution >= 4 is 0 Å². The van der Waals surface area contributed by atoms with Crippen molar-refractivity contribution in [1.29, 1.82) is 0 Å². The molecule has 76 valence electrons. The lowest BCUT2D eigenvalue weighted by atomic mass is 10.1. The van der Waals surface area contributed by atoms with E-state index in [-0.39, 0.29) is 12.1 Å². The van der Waals surface area contributed by atoms with Crippen LogP contribution in [0, 0.1) is 0 Å². The van der Waals surface area contributed by atoms with Gasteiger partial charge in [0.1, 0.15) is 0 Å². The first-order valence-electron chi connectivity index (χ1n) is 5.34. The highest BCUT2D eigenvalue weighted by Gasteiger charge is 2.36. The molecule has 3 heteroatoms. The Morgan fingerprint density at radius 2 is 2.31 bits per heavy atom. The molecule has 0 radical (unpaired) electrons. The molecule has 2 saturated heterocycles. The Labute approximate surface area is 79.7 Å². The number of aliphatic hydroxyl groups excluding tert-OH is 1. The maximum atomic E-state index is 9.70. The van der Waals surface area contributed by atoms with Crippen molar-refractivity contribution in [2.24, 2.45) is 0 Å². The van der Waals surface area contributed by atoms with Crippen LogP contribution >= 0.6 is 0 Å². The molecule has 0 aromatic heterocycles. The van der Waals surface area contributed by atoms with Crippen LogP contribution in [0.1, 0.15) is 26.2 Å². The second-order valence-corrected chi connectivity index (χ2v) is 4.11. The maximum Gasteiger partial charge on any atom is 0.0950 e.